The molecule has 0 spiro atoms. The predicted octanol–water partition coefficient (Wildman–Crippen LogP) is 0.918. The molecule has 2 rings (SSSR count). The van der Waals surface area contributed by atoms with Gasteiger partial charge < -0.3 is 14.2 Å². The van der Waals surface area contributed by atoms with Crippen LogP contribution in [0.3, 0.4) is 0 Å². The van der Waals surface area contributed by atoms with Crippen molar-refractivity contribution in [2.75, 3.05) is 13.2 Å². The van der Waals surface area contributed by atoms with Gasteiger partial charge in [0.25, 0.3) is 0 Å². The monoisotopic (exact) mass is 250 g/mol. The molecule has 0 atom stereocenters. The van der Waals surface area contributed by atoms with Crippen molar-refractivity contribution < 1.29 is 23.8 Å². The SMILES string of the molecule is O=CC1OCC(C(=O)OCc2ccccc2)CO1. The van der Waals surface area contributed by atoms with E-state index in [0.29, 0.717) is 6.29 Å². The van der Waals surface area contributed by atoms with Crippen LogP contribution in [0.1, 0.15) is 5.56 Å². The van der Waals surface area contributed by atoms with Gasteiger partial charge in [-0.2, -0.15) is 0 Å². The van der Waals surface area contributed by atoms with Gasteiger partial charge in [0.1, 0.15) is 12.5 Å². The average Bonchev–Trinajstić information content (AvgIpc) is 2.46. The van der Waals surface area contributed by atoms with Crippen LogP contribution in [-0.2, 0) is 30.4 Å². The Labute approximate surface area is 105 Å². The zero-order valence-corrected chi connectivity index (χ0v) is 9.78. The first-order valence-corrected chi connectivity index (χ1v) is 5.68. The second-order valence-electron chi connectivity index (χ2n) is 3.96. The number of hydrogen-bond acceptors (Lipinski definition) is 5. The summed E-state index contributed by atoms with van der Waals surface area (Å²) in [4.78, 5) is 22.1. The lowest BCUT2D eigenvalue weighted by molar-refractivity contribution is -0.202. The Hall–Kier alpha value is -1.72. The van der Waals surface area contributed by atoms with E-state index in [9.17, 15) is 9.59 Å². The molecular weight excluding hydrogens is 236 g/mol. The van der Waals surface area contributed by atoms with Crippen LogP contribution in [0.25, 0.3) is 0 Å². The van der Waals surface area contributed by atoms with Crippen LogP contribution in [0, 0.1) is 5.92 Å². The zero-order valence-electron chi connectivity index (χ0n) is 9.78. The number of benzene rings is 1. The van der Waals surface area contributed by atoms with Crippen molar-refractivity contribution in [3.63, 3.8) is 0 Å². The van der Waals surface area contributed by atoms with Crippen molar-refractivity contribution in [2.24, 2.45) is 5.92 Å². The highest BCUT2D eigenvalue weighted by molar-refractivity contribution is 5.73. The zero-order chi connectivity index (χ0) is 12.8. The molecule has 0 saturated carbocycles. The quantitative estimate of drug-likeness (QED) is 0.587. The third-order valence-corrected chi connectivity index (χ3v) is 2.59. The molecule has 1 aromatic carbocycles. The van der Waals surface area contributed by atoms with Crippen molar-refractivity contribution in [3.8, 4) is 0 Å². The molecule has 5 heteroatoms. The summed E-state index contributed by atoms with van der Waals surface area (Å²) in [5.41, 5.74) is 0.925. The molecular formula is C13H14O5. The number of esters is 1. The summed E-state index contributed by atoms with van der Waals surface area (Å²) in [6, 6.07) is 9.41. The van der Waals surface area contributed by atoms with E-state index in [2.05, 4.69) is 0 Å². The van der Waals surface area contributed by atoms with Crippen molar-refractivity contribution in [1.29, 1.82) is 0 Å². The summed E-state index contributed by atoms with van der Waals surface area (Å²) >= 11 is 0. The molecule has 0 bridgehead atoms. The first-order valence-electron chi connectivity index (χ1n) is 5.68. The molecule has 1 aliphatic heterocycles. The molecule has 96 valence electrons. The number of rotatable bonds is 4. The molecule has 0 N–H and O–H groups in total. The number of carbonyl (C=O) groups is 2. The molecule has 0 radical (unpaired) electrons. The lowest BCUT2D eigenvalue weighted by Crippen LogP contribution is -2.37. The third-order valence-electron chi connectivity index (χ3n) is 2.59. The highest BCUT2D eigenvalue weighted by Crippen LogP contribution is 2.12. The smallest absolute Gasteiger partial charge is 0.313 e. The van der Waals surface area contributed by atoms with Gasteiger partial charge in [0.15, 0.2) is 6.29 Å². The Morgan fingerprint density at radius 1 is 1.28 bits per heavy atom. The van der Waals surface area contributed by atoms with Gasteiger partial charge in [-0.25, -0.2) is 0 Å². The number of hydrogen-bond donors (Lipinski definition) is 0. The number of aldehydes is 1. The summed E-state index contributed by atoms with van der Waals surface area (Å²) in [7, 11) is 0. The third kappa shape index (κ3) is 3.38. The van der Waals surface area contributed by atoms with Crippen LogP contribution >= 0.6 is 0 Å². The van der Waals surface area contributed by atoms with E-state index in [1.165, 1.54) is 0 Å². The molecule has 1 fully saturated rings. The van der Waals surface area contributed by atoms with Gasteiger partial charge in [-0.05, 0) is 5.56 Å². The van der Waals surface area contributed by atoms with E-state index < -0.39 is 12.2 Å². The van der Waals surface area contributed by atoms with Crippen molar-refractivity contribution in [1.82, 2.24) is 0 Å². The lowest BCUT2D eigenvalue weighted by atomic mass is 10.1. The minimum atomic E-state index is -0.858. The lowest BCUT2D eigenvalue weighted by Gasteiger charge is -2.24. The maximum atomic E-state index is 11.7. The first-order chi connectivity index (χ1) is 8.79. The molecule has 0 unspecified atom stereocenters. The molecule has 1 heterocycles. The molecule has 1 aliphatic rings. The first kappa shape index (κ1) is 12.7. The van der Waals surface area contributed by atoms with Gasteiger partial charge in [-0.1, -0.05) is 30.3 Å². The number of carbonyl (C=O) groups excluding carboxylic acids is 2. The standard InChI is InChI=1S/C13H14O5/c14-6-12-16-8-11(9-17-12)13(15)18-7-10-4-2-1-3-5-10/h1-6,11-12H,7-9H2. The summed E-state index contributed by atoms with van der Waals surface area (Å²) in [5, 5.41) is 0. The fourth-order valence-corrected chi connectivity index (χ4v) is 1.58. The van der Waals surface area contributed by atoms with Crippen molar-refractivity contribution in [3.05, 3.63) is 35.9 Å². The van der Waals surface area contributed by atoms with Gasteiger partial charge in [-0.3, -0.25) is 9.59 Å². The van der Waals surface area contributed by atoms with Crippen LogP contribution in [0.4, 0.5) is 0 Å². The normalized spacial score (nSPS) is 23.3. The molecule has 1 aromatic rings. The van der Waals surface area contributed by atoms with Crippen molar-refractivity contribution in [2.45, 2.75) is 12.9 Å². The number of ether oxygens (including phenoxy) is 3. The average molecular weight is 250 g/mol. The molecule has 18 heavy (non-hydrogen) atoms. The molecule has 0 aliphatic carbocycles. The molecule has 1 saturated heterocycles. The van der Waals surface area contributed by atoms with Crippen LogP contribution in [-0.4, -0.2) is 31.8 Å². The minimum Gasteiger partial charge on any atom is -0.460 e. The van der Waals surface area contributed by atoms with Gasteiger partial charge in [0, 0.05) is 0 Å². The van der Waals surface area contributed by atoms with Crippen molar-refractivity contribution >= 4 is 12.3 Å². The summed E-state index contributed by atoms with van der Waals surface area (Å²) < 4.78 is 15.2. The van der Waals surface area contributed by atoms with E-state index in [1.807, 2.05) is 30.3 Å². The highest BCUT2D eigenvalue weighted by Gasteiger charge is 2.28. The second kappa shape index (κ2) is 6.28. The van der Waals surface area contributed by atoms with Gasteiger partial charge >= 0.3 is 5.97 Å². The minimum absolute atomic E-state index is 0.150. The molecule has 5 nitrogen and oxygen atoms in total. The fourth-order valence-electron chi connectivity index (χ4n) is 1.58. The molecule has 0 aromatic heterocycles. The topological polar surface area (TPSA) is 61.8 Å². The van der Waals surface area contributed by atoms with Crippen LogP contribution in [0.5, 0.6) is 0 Å². The van der Waals surface area contributed by atoms with Crippen LogP contribution in [0.2, 0.25) is 0 Å². The predicted molar refractivity (Wildman–Crippen MR) is 61.5 cm³/mol. The maximum absolute atomic E-state index is 11.7. The van der Waals surface area contributed by atoms with Gasteiger partial charge in [0.05, 0.1) is 13.2 Å². The van der Waals surface area contributed by atoms with Gasteiger partial charge in [-0.15, -0.1) is 0 Å². The molecule has 0 amide bonds. The van der Waals surface area contributed by atoms with Crippen LogP contribution < -0.4 is 0 Å². The van der Waals surface area contributed by atoms with E-state index in [4.69, 9.17) is 14.2 Å². The Kier molecular flexibility index (Phi) is 4.44. The summed E-state index contributed by atoms with van der Waals surface area (Å²) in [6.45, 7) is 0.529. The maximum Gasteiger partial charge on any atom is 0.313 e. The van der Waals surface area contributed by atoms with E-state index >= 15 is 0 Å². The van der Waals surface area contributed by atoms with Crippen LogP contribution in [0.15, 0.2) is 30.3 Å². The Balaban J connectivity index is 1.77. The Bertz CT molecular complexity index is 395. The highest BCUT2D eigenvalue weighted by atomic mass is 16.7. The summed E-state index contributed by atoms with van der Waals surface area (Å²) in [6.07, 6.45) is -0.297. The van der Waals surface area contributed by atoms with E-state index in [0.717, 1.165) is 5.56 Å². The fraction of sp³-hybridized carbons (Fsp3) is 0.385. The van der Waals surface area contributed by atoms with E-state index in [1.54, 1.807) is 0 Å². The summed E-state index contributed by atoms with van der Waals surface area (Å²) in [5.74, 6) is -0.840. The van der Waals surface area contributed by atoms with Gasteiger partial charge in [0.2, 0.25) is 6.29 Å². The largest absolute Gasteiger partial charge is 0.460 e. The van der Waals surface area contributed by atoms with E-state index in [-0.39, 0.29) is 25.8 Å². The second-order valence-corrected chi connectivity index (χ2v) is 3.96. The Morgan fingerprint density at radius 3 is 2.56 bits per heavy atom. The Morgan fingerprint density at radius 2 is 1.94 bits per heavy atom.